The van der Waals surface area contributed by atoms with Gasteiger partial charge in [0.1, 0.15) is 29.8 Å². The summed E-state index contributed by atoms with van der Waals surface area (Å²) in [6.45, 7) is 0.696. The van der Waals surface area contributed by atoms with Crippen molar-refractivity contribution in [1.82, 2.24) is 5.32 Å². The van der Waals surface area contributed by atoms with Crippen molar-refractivity contribution in [2.75, 3.05) is 12.4 Å². The molecule has 1 amide bonds. The highest BCUT2D eigenvalue weighted by molar-refractivity contribution is 7.99. The van der Waals surface area contributed by atoms with Crippen LogP contribution in [0.15, 0.2) is 0 Å². The summed E-state index contributed by atoms with van der Waals surface area (Å²) in [6, 6.07) is -2.07. The normalized spacial score (nSPS) is 34.2. The number of aliphatic carboxylic acids is 1. The number of amides is 1. The molecule has 0 saturated carbocycles. The highest BCUT2D eigenvalue weighted by Gasteiger charge is 2.42. The second-order valence-corrected chi connectivity index (χ2v) is 5.84. The zero-order valence-electron chi connectivity index (χ0n) is 11.4. The minimum Gasteiger partial charge on any atom is -0.480 e. The summed E-state index contributed by atoms with van der Waals surface area (Å²) < 4.78 is 5.34. The van der Waals surface area contributed by atoms with Gasteiger partial charge in [-0.1, -0.05) is 0 Å². The zero-order chi connectivity index (χ0) is 16.2. The average Bonchev–Trinajstić information content (AvgIpc) is 2.42. The fourth-order valence-electron chi connectivity index (χ4n) is 1.86. The molecule has 0 bridgehead atoms. The number of thioether (sulfide) groups is 1. The predicted molar refractivity (Wildman–Crippen MR) is 73.4 cm³/mol. The highest BCUT2D eigenvalue weighted by Crippen LogP contribution is 2.27. The number of nitrogens with two attached hydrogens (primary N) is 1. The molecule has 0 aliphatic carbocycles. The Morgan fingerprint density at radius 1 is 1.38 bits per heavy atom. The number of hydrogen-bond acceptors (Lipinski definition) is 8. The summed E-state index contributed by atoms with van der Waals surface area (Å²) in [6.07, 6.45) is -3.61. The number of nitrogens with one attached hydrogen (secondary N) is 1. The number of rotatable bonds is 6. The van der Waals surface area contributed by atoms with Gasteiger partial charge in [-0.25, -0.2) is 4.79 Å². The van der Waals surface area contributed by atoms with Gasteiger partial charge in [0.15, 0.2) is 0 Å². The average molecular weight is 324 g/mol. The minimum absolute atomic E-state index is 0.0335. The molecule has 9 nitrogen and oxygen atoms in total. The van der Waals surface area contributed by atoms with Crippen molar-refractivity contribution in [1.29, 1.82) is 0 Å². The first-order valence-corrected chi connectivity index (χ1v) is 7.32. The molecule has 1 aliphatic rings. The molecular formula is C11H20N2O7S. The number of ether oxygens (including phenoxy) is 1. The molecule has 0 aromatic rings. The molecule has 0 spiro atoms. The van der Waals surface area contributed by atoms with Crippen molar-refractivity contribution in [2.45, 2.75) is 42.8 Å². The molecule has 1 fully saturated rings. The van der Waals surface area contributed by atoms with Gasteiger partial charge >= 0.3 is 5.97 Å². The molecule has 1 saturated heterocycles. The molecule has 1 heterocycles. The van der Waals surface area contributed by atoms with Crippen LogP contribution in [0.2, 0.25) is 0 Å². The Hall–Kier alpha value is -0.910. The monoisotopic (exact) mass is 324 g/mol. The third-order valence-corrected chi connectivity index (χ3v) is 4.31. The standard InChI is InChI=1S/C11H20N2O7S/c1-4(15)13-5(10(18)19)3-21-11-7(12)9(17)8(16)6(2-14)20-11/h5-9,11,14,16-17H,2-3,12H2,1H3,(H,13,15)(H,18,19)/t5-,6+,7+,8+,9+,11-/m0/s1. The molecule has 0 radical (unpaired) electrons. The van der Waals surface area contributed by atoms with Crippen molar-refractivity contribution in [3.8, 4) is 0 Å². The second kappa shape index (κ2) is 7.92. The van der Waals surface area contributed by atoms with E-state index < -0.39 is 54.3 Å². The molecule has 21 heavy (non-hydrogen) atoms. The van der Waals surface area contributed by atoms with Crippen molar-refractivity contribution in [3.63, 3.8) is 0 Å². The number of carboxylic acid groups (broad SMARTS) is 1. The van der Waals surface area contributed by atoms with Crippen molar-refractivity contribution >= 4 is 23.6 Å². The van der Waals surface area contributed by atoms with Gasteiger partial charge in [-0.3, -0.25) is 4.79 Å². The topological polar surface area (TPSA) is 162 Å². The molecule has 0 unspecified atom stereocenters. The van der Waals surface area contributed by atoms with Crippen LogP contribution < -0.4 is 11.1 Å². The van der Waals surface area contributed by atoms with Crippen LogP contribution >= 0.6 is 11.8 Å². The van der Waals surface area contributed by atoms with Crippen LogP contribution in [-0.4, -0.2) is 80.5 Å². The van der Waals surface area contributed by atoms with E-state index in [1.807, 2.05) is 0 Å². The van der Waals surface area contributed by atoms with Crippen LogP contribution in [0, 0.1) is 0 Å². The fourth-order valence-corrected chi connectivity index (χ4v) is 3.08. The molecule has 122 valence electrons. The molecule has 0 aromatic carbocycles. The van der Waals surface area contributed by atoms with Crippen molar-refractivity contribution in [3.05, 3.63) is 0 Å². The maximum absolute atomic E-state index is 11.0. The van der Waals surface area contributed by atoms with Crippen LogP contribution in [0.25, 0.3) is 0 Å². The molecule has 6 atom stereocenters. The van der Waals surface area contributed by atoms with Crippen LogP contribution in [0.3, 0.4) is 0 Å². The minimum atomic E-state index is -1.31. The fraction of sp³-hybridized carbons (Fsp3) is 0.818. The summed E-state index contributed by atoms with van der Waals surface area (Å²) in [5.74, 6) is -1.73. The van der Waals surface area contributed by atoms with Crippen LogP contribution in [0.5, 0.6) is 0 Å². The number of aliphatic hydroxyl groups excluding tert-OH is 3. The first-order chi connectivity index (χ1) is 9.77. The van der Waals surface area contributed by atoms with E-state index in [0.29, 0.717) is 0 Å². The Morgan fingerprint density at radius 2 is 2.00 bits per heavy atom. The SMILES string of the molecule is CC(=O)N[C@@H](CS[C@@H]1O[C@H](CO)[C@@H](O)[C@H](O)[C@H]1N)C(=O)O. The lowest BCUT2D eigenvalue weighted by Crippen LogP contribution is -2.61. The van der Waals surface area contributed by atoms with Crippen molar-refractivity contribution < 1.29 is 34.8 Å². The number of hydrogen-bond donors (Lipinski definition) is 6. The number of carboxylic acids is 1. The van der Waals surface area contributed by atoms with E-state index in [1.54, 1.807) is 0 Å². The quantitative estimate of drug-likeness (QED) is 0.300. The van der Waals surface area contributed by atoms with E-state index in [-0.39, 0.29) is 5.75 Å². The smallest absolute Gasteiger partial charge is 0.327 e. The third kappa shape index (κ3) is 4.80. The molecule has 7 N–H and O–H groups in total. The Bertz CT molecular complexity index is 382. The Morgan fingerprint density at radius 3 is 2.48 bits per heavy atom. The molecule has 1 aliphatic heterocycles. The van der Waals surface area contributed by atoms with Gasteiger partial charge in [-0.2, -0.15) is 0 Å². The van der Waals surface area contributed by atoms with Crippen molar-refractivity contribution in [2.24, 2.45) is 5.73 Å². The molecule has 10 heteroatoms. The Kier molecular flexibility index (Phi) is 6.84. The molecule has 1 rings (SSSR count). The molecule has 0 aromatic heterocycles. The largest absolute Gasteiger partial charge is 0.480 e. The first-order valence-electron chi connectivity index (χ1n) is 6.27. The maximum Gasteiger partial charge on any atom is 0.327 e. The summed E-state index contributed by atoms with van der Waals surface area (Å²) in [5.41, 5.74) is 4.91. The Labute approximate surface area is 125 Å². The van der Waals surface area contributed by atoms with E-state index in [0.717, 1.165) is 11.8 Å². The predicted octanol–water partition coefficient (Wildman–Crippen LogP) is -2.92. The zero-order valence-corrected chi connectivity index (χ0v) is 12.2. The summed E-state index contributed by atoms with van der Waals surface area (Å²) in [7, 11) is 0. The van der Waals surface area contributed by atoms with Crippen LogP contribution in [-0.2, 0) is 14.3 Å². The number of carbonyl (C=O) groups is 2. The number of aliphatic hydroxyl groups is 3. The van der Waals surface area contributed by atoms with Gasteiger partial charge in [0.05, 0.1) is 12.6 Å². The van der Waals surface area contributed by atoms with E-state index in [4.69, 9.17) is 20.7 Å². The van der Waals surface area contributed by atoms with Crippen LogP contribution in [0.4, 0.5) is 0 Å². The lowest BCUT2D eigenvalue weighted by Gasteiger charge is -2.40. The first kappa shape index (κ1) is 18.1. The summed E-state index contributed by atoms with van der Waals surface area (Å²) in [5, 5.41) is 39.7. The van der Waals surface area contributed by atoms with E-state index in [1.165, 1.54) is 6.92 Å². The third-order valence-electron chi connectivity index (χ3n) is 3.03. The van der Waals surface area contributed by atoms with Gasteiger partial charge < -0.3 is 36.2 Å². The summed E-state index contributed by atoms with van der Waals surface area (Å²) in [4.78, 5) is 21.9. The van der Waals surface area contributed by atoms with Gasteiger partial charge in [0.2, 0.25) is 5.91 Å². The molecular weight excluding hydrogens is 304 g/mol. The number of carbonyl (C=O) groups excluding carboxylic acids is 1. The van der Waals surface area contributed by atoms with Gasteiger partial charge in [-0.15, -0.1) is 11.8 Å². The Balaban J connectivity index is 2.63. The summed E-state index contributed by atoms with van der Waals surface area (Å²) >= 11 is 0.984. The second-order valence-electron chi connectivity index (χ2n) is 4.71. The van der Waals surface area contributed by atoms with E-state index >= 15 is 0 Å². The lowest BCUT2D eigenvalue weighted by molar-refractivity contribution is -0.165. The van der Waals surface area contributed by atoms with Gasteiger partial charge in [-0.05, 0) is 0 Å². The lowest BCUT2D eigenvalue weighted by atomic mass is 9.99. The maximum atomic E-state index is 11.0. The highest BCUT2D eigenvalue weighted by atomic mass is 32.2. The van der Waals surface area contributed by atoms with Gasteiger partial charge in [0, 0.05) is 12.7 Å². The van der Waals surface area contributed by atoms with Gasteiger partial charge in [0.25, 0.3) is 0 Å². The van der Waals surface area contributed by atoms with E-state index in [9.17, 15) is 19.8 Å². The van der Waals surface area contributed by atoms with E-state index in [2.05, 4.69) is 5.32 Å². The van der Waals surface area contributed by atoms with Crippen LogP contribution in [0.1, 0.15) is 6.92 Å².